The van der Waals surface area contributed by atoms with Crippen LogP contribution in [0, 0.1) is 11.8 Å². The third-order valence-electron chi connectivity index (χ3n) is 6.35. The number of carbonyl (C=O) groups is 1. The second kappa shape index (κ2) is 8.58. The molecule has 4 rings (SSSR count). The van der Waals surface area contributed by atoms with Crippen LogP contribution < -0.4 is 0 Å². The van der Waals surface area contributed by atoms with Crippen molar-refractivity contribution in [3.05, 3.63) is 29.6 Å². The number of piperidine rings is 1. The van der Waals surface area contributed by atoms with Gasteiger partial charge in [0.1, 0.15) is 11.2 Å². The largest absolute Gasteiger partial charge is 0.444 e. The van der Waals surface area contributed by atoms with Gasteiger partial charge >= 0.3 is 6.09 Å². The predicted molar refractivity (Wildman–Crippen MR) is 118 cm³/mol. The van der Waals surface area contributed by atoms with Gasteiger partial charge < -0.3 is 19.4 Å². The summed E-state index contributed by atoms with van der Waals surface area (Å²) in [4.78, 5) is 22.2. The SMILES string of the molecule is COCC(c1c[nH]c2ncc(CC3CCN(C(=O)OC(C)(C)C)CC3)cc12)C1CC1. The van der Waals surface area contributed by atoms with Crippen molar-refractivity contribution in [1.82, 2.24) is 14.9 Å². The van der Waals surface area contributed by atoms with Crippen LogP contribution in [0.3, 0.4) is 0 Å². The number of H-pyrrole nitrogens is 1. The number of hydrogen-bond donors (Lipinski definition) is 1. The number of aromatic amines is 1. The van der Waals surface area contributed by atoms with E-state index in [-0.39, 0.29) is 6.09 Å². The summed E-state index contributed by atoms with van der Waals surface area (Å²) in [7, 11) is 1.79. The molecule has 164 valence electrons. The van der Waals surface area contributed by atoms with Crippen LogP contribution in [0.4, 0.5) is 4.79 Å². The Morgan fingerprint density at radius 1 is 1.27 bits per heavy atom. The van der Waals surface area contributed by atoms with Crippen LogP contribution in [0.2, 0.25) is 0 Å². The smallest absolute Gasteiger partial charge is 0.410 e. The number of likely N-dealkylation sites (tertiary alicyclic amines) is 1. The maximum Gasteiger partial charge on any atom is 0.410 e. The van der Waals surface area contributed by atoms with Gasteiger partial charge in [0.15, 0.2) is 0 Å². The molecule has 0 spiro atoms. The average molecular weight is 414 g/mol. The fourth-order valence-electron chi connectivity index (χ4n) is 4.62. The van der Waals surface area contributed by atoms with Crippen LogP contribution in [-0.2, 0) is 15.9 Å². The predicted octanol–water partition coefficient (Wildman–Crippen LogP) is 4.89. The zero-order chi connectivity index (χ0) is 21.3. The second-order valence-electron chi connectivity index (χ2n) is 10.00. The summed E-state index contributed by atoms with van der Waals surface area (Å²) in [6.45, 7) is 8.04. The first-order valence-electron chi connectivity index (χ1n) is 11.3. The molecule has 1 saturated heterocycles. The minimum atomic E-state index is -0.440. The van der Waals surface area contributed by atoms with Crippen LogP contribution in [0.15, 0.2) is 18.5 Å². The van der Waals surface area contributed by atoms with Crippen LogP contribution in [0.5, 0.6) is 0 Å². The van der Waals surface area contributed by atoms with Crippen molar-refractivity contribution in [2.75, 3.05) is 26.8 Å². The van der Waals surface area contributed by atoms with Crippen molar-refractivity contribution in [3.8, 4) is 0 Å². The Kier molecular flexibility index (Phi) is 6.05. The first-order chi connectivity index (χ1) is 14.3. The molecule has 1 saturated carbocycles. The van der Waals surface area contributed by atoms with E-state index in [9.17, 15) is 4.79 Å². The van der Waals surface area contributed by atoms with E-state index >= 15 is 0 Å². The van der Waals surface area contributed by atoms with E-state index in [4.69, 9.17) is 14.5 Å². The molecule has 0 bridgehead atoms. The van der Waals surface area contributed by atoms with E-state index in [2.05, 4.69) is 17.2 Å². The molecule has 0 radical (unpaired) electrons. The lowest BCUT2D eigenvalue weighted by Gasteiger charge is -2.33. The van der Waals surface area contributed by atoms with Crippen LogP contribution in [-0.4, -0.2) is 53.4 Å². The number of ether oxygens (including phenoxy) is 2. The third kappa shape index (κ3) is 4.97. The molecular weight excluding hydrogens is 378 g/mol. The summed E-state index contributed by atoms with van der Waals surface area (Å²) in [6, 6.07) is 2.32. The Hall–Kier alpha value is -2.08. The van der Waals surface area contributed by atoms with Crippen molar-refractivity contribution in [2.45, 2.75) is 64.4 Å². The Balaban J connectivity index is 1.40. The molecule has 1 aliphatic heterocycles. The summed E-state index contributed by atoms with van der Waals surface area (Å²) in [5.41, 5.74) is 3.16. The van der Waals surface area contributed by atoms with E-state index < -0.39 is 5.60 Å². The van der Waals surface area contributed by atoms with Crippen molar-refractivity contribution >= 4 is 17.1 Å². The quantitative estimate of drug-likeness (QED) is 0.732. The standard InChI is InChI=1S/C24H35N3O3/c1-24(2,3)30-23(28)27-9-7-16(8-10-27)11-17-12-19-20(14-26-22(19)25-13-17)21(15-29-4)18-5-6-18/h12-14,16,18,21H,5-11,15H2,1-4H3,(H,25,26). The van der Waals surface area contributed by atoms with E-state index in [1.807, 2.05) is 31.9 Å². The molecule has 1 amide bonds. The number of nitrogens with zero attached hydrogens (tertiary/aromatic N) is 2. The Morgan fingerprint density at radius 3 is 2.63 bits per heavy atom. The van der Waals surface area contributed by atoms with E-state index in [0.29, 0.717) is 11.8 Å². The number of fused-ring (bicyclic) bond motifs is 1. The number of pyridine rings is 1. The zero-order valence-electron chi connectivity index (χ0n) is 18.7. The third-order valence-corrected chi connectivity index (χ3v) is 6.35. The minimum absolute atomic E-state index is 0.190. The Labute approximate surface area is 179 Å². The normalized spacial score (nSPS) is 19.3. The van der Waals surface area contributed by atoms with Crippen molar-refractivity contribution in [1.29, 1.82) is 0 Å². The van der Waals surface area contributed by atoms with Gasteiger partial charge in [-0.3, -0.25) is 0 Å². The highest BCUT2D eigenvalue weighted by molar-refractivity contribution is 5.81. The van der Waals surface area contributed by atoms with Gasteiger partial charge in [-0.05, 0) is 81.9 Å². The average Bonchev–Trinajstić information content (AvgIpc) is 3.45. The highest BCUT2D eigenvalue weighted by Crippen LogP contribution is 2.44. The number of carbonyl (C=O) groups excluding carboxylic acids is 1. The number of aromatic nitrogens is 2. The molecule has 3 heterocycles. The molecule has 2 aliphatic rings. The van der Waals surface area contributed by atoms with E-state index in [1.165, 1.54) is 29.4 Å². The molecule has 1 N–H and O–H groups in total. The van der Waals surface area contributed by atoms with Gasteiger partial charge in [-0.25, -0.2) is 9.78 Å². The number of methoxy groups -OCH3 is 1. The topological polar surface area (TPSA) is 67.5 Å². The molecule has 1 atom stereocenters. The molecule has 2 fully saturated rings. The fourth-order valence-corrected chi connectivity index (χ4v) is 4.62. The Bertz CT molecular complexity index is 873. The Morgan fingerprint density at radius 2 is 2.00 bits per heavy atom. The molecule has 2 aromatic heterocycles. The van der Waals surface area contributed by atoms with Crippen molar-refractivity contribution in [2.24, 2.45) is 11.8 Å². The van der Waals surface area contributed by atoms with Gasteiger partial charge in [0, 0.05) is 43.9 Å². The van der Waals surface area contributed by atoms with Gasteiger partial charge in [-0.1, -0.05) is 0 Å². The summed E-state index contributed by atoms with van der Waals surface area (Å²) >= 11 is 0. The maximum absolute atomic E-state index is 12.3. The first-order valence-corrected chi connectivity index (χ1v) is 11.3. The monoisotopic (exact) mass is 413 g/mol. The number of rotatable bonds is 6. The fraction of sp³-hybridized carbons (Fsp3) is 0.667. The minimum Gasteiger partial charge on any atom is -0.444 e. The molecule has 6 nitrogen and oxygen atoms in total. The first kappa shape index (κ1) is 21.2. The van der Waals surface area contributed by atoms with Crippen LogP contribution in [0.1, 0.15) is 63.5 Å². The number of hydrogen-bond acceptors (Lipinski definition) is 4. The van der Waals surface area contributed by atoms with Crippen molar-refractivity contribution in [3.63, 3.8) is 0 Å². The van der Waals surface area contributed by atoms with Gasteiger partial charge in [-0.2, -0.15) is 0 Å². The number of nitrogens with one attached hydrogen (secondary N) is 1. The van der Waals surface area contributed by atoms with E-state index in [0.717, 1.165) is 50.5 Å². The van der Waals surface area contributed by atoms with Crippen molar-refractivity contribution < 1.29 is 14.3 Å². The van der Waals surface area contributed by atoms with Gasteiger partial charge in [0.25, 0.3) is 0 Å². The highest BCUT2D eigenvalue weighted by atomic mass is 16.6. The summed E-state index contributed by atoms with van der Waals surface area (Å²) in [5.74, 6) is 1.77. The van der Waals surface area contributed by atoms with Crippen LogP contribution >= 0.6 is 0 Å². The molecule has 1 aliphatic carbocycles. The maximum atomic E-state index is 12.3. The van der Waals surface area contributed by atoms with Gasteiger partial charge in [-0.15, -0.1) is 0 Å². The molecule has 30 heavy (non-hydrogen) atoms. The second-order valence-corrected chi connectivity index (χ2v) is 10.00. The zero-order valence-corrected chi connectivity index (χ0v) is 18.7. The van der Waals surface area contributed by atoms with E-state index in [1.54, 1.807) is 7.11 Å². The van der Waals surface area contributed by atoms with Crippen LogP contribution in [0.25, 0.3) is 11.0 Å². The van der Waals surface area contributed by atoms with Gasteiger partial charge in [0.05, 0.1) is 6.61 Å². The summed E-state index contributed by atoms with van der Waals surface area (Å²) in [5, 5.41) is 1.24. The lowest BCUT2D eigenvalue weighted by Crippen LogP contribution is -2.42. The lowest BCUT2D eigenvalue weighted by atomic mass is 9.89. The number of amides is 1. The lowest BCUT2D eigenvalue weighted by molar-refractivity contribution is 0.0184. The summed E-state index contributed by atoms with van der Waals surface area (Å²) < 4.78 is 11.0. The molecule has 1 unspecified atom stereocenters. The van der Waals surface area contributed by atoms with Gasteiger partial charge in [0.2, 0.25) is 0 Å². The molecule has 0 aromatic carbocycles. The molecular formula is C24H35N3O3. The molecule has 6 heteroatoms. The summed E-state index contributed by atoms with van der Waals surface area (Å²) in [6.07, 6.45) is 9.55. The molecule has 2 aromatic rings. The highest BCUT2D eigenvalue weighted by Gasteiger charge is 2.34.